The highest BCUT2D eigenvalue weighted by molar-refractivity contribution is 6.11. The van der Waals surface area contributed by atoms with Gasteiger partial charge >= 0.3 is 6.09 Å². The number of ether oxygens (including phenoxy) is 1. The lowest BCUT2D eigenvalue weighted by molar-refractivity contribution is -0.655. The largest absolute Gasteiger partial charge is 1.00 e. The summed E-state index contributed by atoms with van der Waals surface area (Å²) in [6.45, 7) is 6.22. The van der Waals surface area contributed by atoms with Gasteiger partial charge in [0.1, 0.15) is 12.1 Å². The lowest BCUT2D eigenvalue weighted by atomic mass is 9.45. The molecular formula is C46H53BrN4O7. The highest BCUT2D eigenvalue weighted by atomic mass is 79.9. The summed E-state index contributed by atoms with van der Waals surface area (Å²) in [6.07, 6.45) is 4.04. The van der Waals surface area contributed by atoms with Crippen molar-refractivity contribution in [3.05, 3.63) is 78.4 Å². The summed E-state index contributed by atoms with van der Waals surface area (Å²) >= 11 is 0. The number of aromatic nitrogens is 1. The molecule has 4 aliphatic carbocycles. The zero-order valence-corrected chi connectivity index (χ0v) is 34.9. The number of nitrogens with two attached hydrogens (primary N) is 1. The van der Waals surface area contributed by atoms with Crippen molar-refractivity contribution >= 4 is 56.6 Å². The number of ketones is 2. The minimum absolute atomic E-state index is 0. The number of carbonyl (C=O) groups is 4. The van der Waals surface area contributed by atoms with E-state index in [0.717, 1.165) is 51.3 Å². The van der Waals surface area contributed by atoms with Gasteiger partial charge in [-0.2, -0.15) is 4.57 Å². The van der Waals surface area contributed by atoms with E-state index in [1.165, 1.54) is 0 Å². The molecule has 58 heavy (non-hydrogen) atoms. The molecule has 8 rings (SSSR count). The normalized spacial score (nSPS) is 28.7. The fourth-order valence-electron chi connectivity index (χ4n) is 11.5. The Labute approximate surface area is 349 Å². The molecule has 0 aliphatic heterocycles. The third-order valence-corrected chi connectivity index (χ3v) is 14.3. The summed E-state index contributed by atoms with van der Waals surface area (Å²) in [7, 11) is 0. The maximum atomic E-state index is 13.7. The molecule has 0 spiro atoms. The van der Waals surface area contributed by atoms with Gasteiger partial charge in [0.2, 0.25) is 22.9 Å². The fourth-order valence-corrected chi connectivity index (χ4v) is 11.5. The van der Waals surface area contributed by atoms with Gasteiger partial charge in [0, 0.05) is 53.2 Å². The van der Waals surface area contributed by atoms with E-state index >= 15 is 0 Å². The molecule has 3 fully saturated rings. The second kappa shape index (κ2) is 15.8. The molecule has 6 N–H and O–H groups in total. The number of aliphatic hydroxyl groups excluding tert-OH is 1. The minimum Gasteiger partial charge on any atom is -1.00 e. The highest BCUT2D eigenvalue weighted by Gasteiger charge is 2.68. The summed E-state index contributed by atoms with van der Waals surface area (Å²) < 4.78 is 7.54. The molecular weight excluding hydrogens is 800 g/mol. The van der Waals surface area contributed by atoms with Gasteiger partial charge in [-0.1, -0.05) is 43.7 Å². The molecule has 0 radical (unpaired) electrons. The monoisotopic (exact) mass is 852 g/mol. The number of aryl methyl sites for hydroxylation is 1. The van der Waals surface area contributed by atoms with Crippen LogP contribution in [0.2, 0.25) is 0 Å². The van der Waals surface area contributed by atoms with E-state index in [1.54, 1.807) is 6.08 Å². The van der Waals surface area contributed by atoms with Gasteiger partial charge in [0.05, 0.1) is 16.9 Å². The molecule has 6 unspecified atom stereocenters. The first-order valence-corrected chi connectivity index (χ1v) is 20.4. The number of pyridine rings is 1. The first-order valence-electron chi connectivity index (χ1n) is 20.4. The Hall–Kier alpha value is -4.65. The molecule has 1 aromatic heterocycles. The van der Waals surface area contributed by atoms with E-state index in [1.807, 2.05) is 61.5 Å². The van der Waals surface area contributed by atoms with Crippen LogP contribution >= 0.6 is 0 Å². The number of aliphatic hydroxyl groups is 2. The Morgan fingerprint density at radius 1 is 0.966 bits per heavy atom. The molecule has 306 valence electrons. The number of halogens is 1. The lowest BCUT2D eigenvalue weighted by Crippen LogP contribution is -3.00. The maximum absolute atomic E-state index is 13.7. The molecule has 7 atom stereocenters. The lowest BCUT2D eigenvalue weighted by Gasteiger charge is -2.60. The van der Waals surface area contributed by atoms with Crippen molar-refractivity contribution < 1.29 is 55.7 Å². The molecule has 12 heteroatoms. The molecule has 4 aromatic rings. The number of benzene rings is 3. The van der Waals surface area contributed by atoms with Gasteiger partial charge in [0.25, 0.3) is 0 Å². The molecule has 2 amide bonds. The average molecular weight is 854 g/mol. The molecule has 11 nitrogen and oxygen atoms in total. The van der Waals surface area contributed by atoms with Crippen molar-refractivity contribution in [2.75, 3.05) is 24.2 Å². The molecule has 3 saturated carbocycles. The van der Waals surface area contributed by atoms with Crippen molar-refractivity contribution in [1.29, 1.82) is 0 Å². The number of nitrogens with one attached hydrogen (secondary N) is 2. The van der Waals surface area contributed by atoms with Crippen LogP contribution in [0, 0.1) is 28.6 Å². The highest BCUT2D eigenvalue weighted by Crippen LogP contribution is 2.67. The summed E-state index contributed by atoms with van der Waals surface area (Å²) in [5.41, 5.74) is 8.79. The molecule has 0 bridgehead atoms. The van der Waals surface area contributed by atoms with E-state index in [9.17, 15) is 29.4 Å². The number of hydrogen-bond donors (Lipinski definition) is 5. The van der Waals surface area contributed by atoms with E-state index in [-0.39, 0.29) is 77.6 Å². The molecule has 1 heterocycles. The first kappa shape index (κ1) is 41.5. The van der Waals surface area contributed by atoms with Crippen molar-refractivity contribution in [2.45, 2.75) is 90.4 Å². The number of carbonyl (C=O) groups excluding carboxylic acids is 4. The van der Waals surface area contributed by atoms with Crippen LogP contribution in [0.3, 0.4) is 0 Å². The Kier molecular flexibility index (Phi) is 11.3. The van der Waals surface area contributed by atoms with Crippen LogP contribution in [-0.4, -0.2) is 58.6 Å². The molecule has 3 aromatic carbocycles. The number of rotatable bonds is 9. The quantitative estimate of drug-likeness (QED) is 0.0970. The van der Waals surface area contributed by atoms with Gasteiger partial charge in [-0.15, -0.1) is 0 Å². The number of anilines is 2. The number of Topliss-reactive ketones (excluding diaryl/α,β-unsaturated/α-hetero) is 1. The number of nitrogens with zero attached hydrogens (tertiary/aromatic N) is 1. The third-order valence-electron chi connectivity index (χ3n) is 14.3. The maximum Gasteiger partial charge on any atom is 0.407 e. The van der Waals surface area contributed by atoms with Crippen molar-refractivity contribution in [2.24, 2.45) is 28.6 Å². The van der Waals surface area contributed by atoms with Crippen LogP contribution in [0.5, 0.6) is 0 Å². The zero-order valence-electron chi connectivity index (χ0n) is 33.4. The van der Waals surface area contributed by atoms with Gasteiger partial charge < -0.3 is 48.3 Å². The number of amides is 2. The van der Waals surface area contributed by atoms with Crippen LogP contribution < -0.4 is 37.9 Å². The third kappa shape index (κ3) is 6.90. The second-order valence-corrected chi connectivity index (χ2v) is 17.2. The predicted octanol–water partition coefficient (Wildman–Crippen LogP) is 3.41. The predicted molar refractivity (Wildman–Crippen MR) is 218 cm³/mol. The van der Waals surface area contributed by atoms with Gasteiger partial charge in [-0.25, -0.2) is 4.79 Å². The summed E-state index contributed by atoms with van der Waals surface area (Å²) in [5, 5.41) is 32.2. The van der Waals surface area contributed by atoms with E-state index in [0.29, 0.717) is 37.2 Å². The average Bonchev–Trinajstić information content (AvgIpc) is 3.46. The fraction of sp³-hybridized carbons (Fsp3) is 0.457. The number of nitrogen functional groups attached to an aromatic ring is 1. The molecule has 0 saturated heterocycles. The van der Waals surface area contributed by atoms with Crippen LogP contribution in [0.15, 0.2) is 78.4 Å². The number of hydrogen-bond acceptors (Lipinski definition) is 8. The summed E-state index contributed by atoms with van der Waals surface area (Å²) in [4.78, 5) is 51.8. The number of allylic oxidation sites excluding steroid dienone is 1. The SMILES string of the molecule is CC[n+]1c(-c2ccccc2)c2cc(NC(=O)CCNC(=O)OCC(=O)[C@@]3(O)CCC4C5CCC6=CC(=O)CCC6(C)C5C(O)CC43C)ccc2c2ccc(N)cc21.[Br-]. The Bertz CT molecular complexity index is 2330. The Balaban J connectivity index is 0.00000512. The topological polar surface area (TPSA) is 172 Å². The van der Waals surface area contributed by atoms with Gasteiger partial charge in [0.15, 0.2) is 12.4 Å². The number of alkyl carbamates (subject to hydrolysis) is 1. The number of fused-ring (bicyclic) bond motifs is 8. The van der Waals surface area contributed by atoms with E-state index in [4.69, 9.17) is 10.5 Å². The Morgan fingerprint density at radius 2 is 1.72 bits per heavy atom. The van der Waals surface area contributed by atoms with Crippen molar-refractivity contribution in [3.63, 3.8) is 0 Å². The van der Waals surface area contributed by atoms with Crippen LogP contribution in [0.4, 0.5) is 16.2 Å². The Morgan fingerprint density at radius 3 is 2.48 bits per heavy atom. The smallest absolute Gasteiger partial charge is 0.407 e. The van der Waals surface area contributed by atoms with Crippen LogP contribution in [0.25, 0.3) is 32.9 Å². The van der Waals surface area contributed by atoms with Crippen LogP contribution in [0.1, 0.15) is 72.1 Å². The summed E-state index contributed by atoms with van der Waals surface area (Å²) in [6, 6.07) is 21.8. The summed E-state index contributed by atoms with van der Waals surface area (Å²) in [5.74, 6) is -0.656. The van der Waals surface area contributed by atoms with Crippen molar-refractivity contribution in [3.8, 4) is 11.3 Å². The first-order chi connectivity index (χ1) is 27.3. The van der Waals surface area contributed by atoms with E-state index < -0.39 is 35.6 Å². The second-order valence-electron chi connectivity index (χ2n) is 17.2. The van der Waals surface area contributed by atoms with Crippen molar-refractivity contribution in [1.82, 2.24) is 5.32 Å². The van der Waals surface area contributed by atoms with E-state index in [2.05, 4.69) is 41.2 Å². The van der Waals surface area contributed by atoms with Gasteiger partial charge in [-0.3, -0.25) is 14.4 Å². The standard InChI is InChI=1S/C46H52N4O7.BrH/c1-4-50-37-23-29(47)11-14-33(37)32-15-12-30(24-35(32)42(50)27-8-6-5-7-9-27)49-40(54)18-21-48-43(55)57-26-39(53)46(56)20-17-36-34-13-10-28-22-31(51)16-19-44(28,2)41(34)38(52)25-45(36,46)3;/h5-9,11-12,14-15,22-24,34,36,38,41,47,52,56H,4,10,13,16-21,25-26H2,1-3H3,(H2,48,49,54,55);1H/t34?,36?,38?,41?,44?,45?,46-;/m0./s1. The molecule has 4 aliphatic rings. The zero-order chi connectivity index (χ0) is 40.3. The van der Waals surface area contributed by atoms with Crippen LogP contribution in [-0.2, 0) is 25.7 Å². The van der Waals surface area contributed by atoms with Gasteiger partial charge in [-0.05, 0) is 111 Å². The minimum atomic E-state index is -1.75.